The van der Waals surface area contributed by atoms with Gasteiger partial charge in [0.2, 0.25) is 5.88 Å². The van der Waals surface area contributed by atoms with E-state index in [1.165, 1.54) is 0 Å². The Morgan fingerprint density at radius 2 is 2.09 bits per heavy atom. The average molecular weight is 315 g/mol. The molecule has 3 rings (SSSR count). The summed E-state index contributed by atoms with van der Waals surface area (Å²) in [5.41, 5.74) is 7.39. The smallest absolute Gasteiger partial charge is 0.205 e. The van der Waals surface area contributed by atoms with Gasteiger partial charge in [0.15, 0.2) is 5.78 Å². The maximum Gasteiger partial charge on any atom is 0.205 e. The Labute approximate surface area is 133 Å². The third-order valence-corrected chi connectivity index (χ3v) is 4.43. The molecule has 0 bridgehead atoms. The van der Waals surface area contributed by atoms with Crippen LogP contribution in [0.15, 0.2) is 47.1 Å². The Kier molecular flexibility index (Phi) is 3.67. The van der Waals surface area contributed by atoms with Crippen molar-refractivity contribution in [2.45, 2.75) is 25.7 Å². The van der Waals surface area contributed by atoms with Crippen molar-refractivity contribution in [3.05, 3.63) is 57.6 Å². The van der Waals surface area contributed by atoms with E-state index < -0.39 is 5.92 Å². The van der Waals surface area contributed by atoms with E-state index in [0.717, 1.165) is 0 Å². The average Bonchev–Trinajstić information content (AvgIpc) is 2.46. The lowest BCUT2D eigenvalue weighted by molar-refractivity contribution is -0.117. The molecule has 1 heterocycles. The lowest BCUT2D eigenvalue weighted by Gasteiger charge is -2.33. The van der Waals surface area contributed by atoms with Crippen LogP contribution >= 0.6 is 11.6 Å². The molecule has 2 N–H and O–H groups in total. The van der Waals surface area contributed by atoms with E-state index in [4.69, 9.17) is 22.1 Å². The summed E-state index contributed by atoms with van der Waals surface area (Å²) in [6, 6.07) is 9.28. The molecule has 0 radical (unpaired) electrons. The molecule has 0 aromatic heterocycles. The van der Waals surface area contributed by atoms with Crippen LogP contribution in [0.1, 0.15) is 31.2 Å². The van der Waals surface area contributed by atoms with E-state index in [9.17, 15) is 10.1 Å². The first-order chi connectivity index (χ1) is 10.5. The summed E-state index contributed by atoms with van der Waals surface area (Å²) < 4.78 is 5.58. The number of Topliss-reactive ketones (excluding diaryl/α,β-unsaturated/α-hetero) is 1. The third-order valence-electron chi connectivity index (χ3n) is 4.08. The van der Waals surface area contributed by atoms with Crippen LogP contribution in [0, 0.1) is 17.2 Å². The van der Waals surface area contributed by atoms with E-state index in [1.54, 1.807) is 6.07 Å². The lowest BCUT2D eigenvalue weighted by atomic mass is 9.75. The van der Waals surface area contributed by atoms with Crippen molar-refractivity contribution in [2.24, 2.45) is 11.7 Å². The van der Waals surface area contributed by atoms with E-state index in [-0.39, 0.29) is 23.2 Å². The minimum atomic E-state index is -0.539. The summed E-state index contributed by atoms with van der Waals surface area (Å²) in [7, 11) is 0. The summed E-state index contributed by atoms with van der Waals surface area (Å²) in [4.78, 5) is 12.5. The number of ketones is 1. The molecular formula is C17H15ClN2O2. The highest BCUT2D eigenvalue weighted by atomic mass is 35.5. The second-order valence-electron chi connectivity index (χ2n) is 5.72. The van der Waals surface area contributed by atoms with Crippen LogP contribution in [0.3, 0.4) is 0 Å². The topological polar surface area (TPSA) is 76.1 Å². The van der Waals surface area contributed by atoms with Crippen LogP contribution < -0.4 is 5.73 Å². The minimum Gasteiger partial charge on any atom is -0.444 e. The summed E-state index contributed by atoms with van der Waals surface area (Å²) in [5.74, 6) is 0.300. The van der Waals surface area contributed by atoms with Gasteiger partial charge in [0, 0.05) is 23.4 Å². The standard InChI is InChI=1S/C17H15ClN2O2/c1-9-6-13(21)16-14(7-9)22-17(20)11(8-19)15(16)10-4-2-3-5-12(10)18/h2-5,9,15H,6-7,20H2,1H3. The minimum absolute atomic E-state index is 0.00100. The Balaban J connectivity index is 2.22. The SMILES string of the molecule is CC1CC(=O)C2=C(C1)OC(N)=C(C#N)C2c1ccccc1Cl. The number of nitrogens with zero attached hydrogens (tertiary/aromatic N) is 1. The zero-order valence-corrected chi connectivity index (χ0v) is 12.9. The van der Waals surface area contributed by atoms with Gasteiger partial charge in [-0.15, -0.1) is 0 Å². The van der Waals surface area contributed by atoms with Crippen LogP contribution in [0.25, 0.3) is 0 Å². The zero-order valence-electron chi connectivity index (χ0n) is 12.1. The molecule has 2 aliphatic rings. The van der Waals surface area contributed by atoms with Crippen molar-refractivity contribution in [2.75, 3.05) is 0 Å². The number of benzene rings is 1. The Hall–Kier alpha value is -2.25. The maximum atomic E-state index is 12.5. The lowest BCUT2D eigenvalue weighted by Crippen LogP contribution is -2.29. The molecule has 0 saturated heterocycles. The summed E-state index contributed by atoms with van der Waals surface area (Å²) in [6.07, 6.45) is 1.09. The molecule has 112 valence electrons. The number of rotatable bonds is 1. The van der Waals surface area contributed by atoms with Gasteiger partial charge in [-0.2, -0.15) is 5.26 Å². The molecule has 1 aliphatic carbocycles. The van der Waals surface area contributed by atoms with Crippen molar-refractivity contribution in [3.8, 4) is 6.07 Å². The molecule has 1 aromatic rings. The van der Waals surface area contributed by atoms with Crippen LogP contribution in [-0.4, -0.2) is 5.78 Å². The highest BCUT2D eigenvalue weighted by Gasteiger charge is 2.40. The van der Waals surface area contributed by atoms with Gasteiger partial charge in [-0.1, -0.05) is 36.7 Å². The van der Waals surface area contributed by atoms with Crippen molar-refractivity contribution < 1.29 is 9.53 Å². The first-order valence-electron chi connectivity index (χ1n) is 7.11. The Bertz CT molecular complexity index is 758. The molecule has 1 aliphatic heterocycles. The quantitative estimate of drug-likeness (QED) is 0.862. The molecule has 22 heavy (non-hydrogen) atoms. The van der Waals surface area contributed by atoms with E-state index in [0.29, 0.717) is 34.8 Å². The summed E-state index contributed by atoms with van der Waals surface area (Å²) >= 11 is 6.29. The Morgan fingerprint density at radius 3 is 2.77 bits per heavy atom. The highest BCUT2D eigenvalue weighted by molar-refractivity contribution is 6.31. The van der Waals surface area contributed by atoms with Gasteiger partial charge in [-0.25, -0.2) is 0 Å². The molecule has 0 saturated carbocycles. The van der Waals surface area contributed by atoms with E-state index in [2.05, 4.69) is 6.07 Å². The van der Waals surface area contributed by atoms with Gasteiger partial charge in [-0.3, -0.25) is 4.79 Å². The second-order valence-corrected chi connectivity index (χ2v) is 6.13. The van der Waals surface area contributed by atoms with Crippen molar-refractivity contribution in [3.63, 3.8) is 0 Å². The van der Waals surface area contributed by atoms with Crippen LogP contribution in [0.4, 0.5) is 0 Å². The van der Waals surface area contributed by atoms with Crippen molar-refractivity contribution in [1.29, 1.82) is 5.26 Å². The summed E-state index contributed by atoms with van der Waals surface area (Å²) in [5, 5.41) is 9.98. The monoisotopic (exact) mass is 314 g/mol. The number of nitriles is 1. The number of allylic oxidation sites excluding steroid dienone is 3. The first-order valence-corrected chi connectivity index (χ1v) is 7.49. The third kappa shape index (κ3) is 2.28. The van der Waals surface area contributed by atoms with Gasteiger partial charge in [0.05, 0.1) is 5.92 Å². The van der Waals surface area contributed by atoms with E-state index >= 15 is 0 Å². The fraction of sp³-hybridized carbons (Fsp3) is 0.294. The Morgan fingerprint density at radius 1 is 1.36 bits per heavy atom. The summed E-state index contributed by atoms with van der Waals surface area (Å²) in [6.45, 7) is 2.00. The maximum absolute atomic E-state index is 12.5. The number of hydrogen-bond acceptors (Lipinski definition) is 4. The van der Waals surface area contributed by atoms with Crippen molar-refractivity contribution in [1.82, 2.24) is 0 Å². The van der Waals surface area contributed by atoms with Gasteiger partial charge in [0.25, 0.3) is 0 Å². The number of nitrogens with two attached hydrogens (primary N) is 1. The van der Waals surface area contributed by atoms with Gasteiger partial charge in [0.1, 0.15) is 17.4 Å². The molecule has 0 amide bonds. The molecule has 1 aromatic carbocycles. The van der Waals surface area contributed by atoms with E-state index in [1.807, 2.05) is 25.1 Å². The molecule has 0 fully saturated rings. The number of carbonyl (C=O) groups is 1. The van der Waals surface area contributed by atoms with Gasteiger partial charge >= 0.3 is 0 Å². The molecule has 2 unspecified atom stereocenters. The first kappa shape index (κ1) is 14.7. The molecule has 5 heteroatoms. The number of halogens is 1. The number of carbonyl (C=O) groups excluding carboxylic acids is 1. The van der Waals surface area contributed by atoms with Crippen molar-refractivity contribution >= 4 is 17.4 Å². The fourth-order valence-corrected chi connectivity index (χ4v) is 3.36. The van der Waals surface area contributed by atoms with Crippen LogP contribution in [0.2, 0.25) is 5.02 Å². The number of hydrogen-bond donors (Lipinski definition) is 1. The predicted molar refractivity (Wildman–Crippen MR) is 82.5 cm³/mol. The normalized spacial score (nSPS) is 24.7. The van der Waals surface area contributed by atoms with Gasteiger partial charge in [-0.05, 0) is 17.5 Å². The highest BCUT2D eigenvalue weighted by Crippen LogP contribution is 2.45. The molecule has 0 spiro atoms. The van der Waals surface area contributed by atoms with Crippen LogP contribution in [-0.2, 0) is 9.53 Å². The van der Waals surface area contributed by atoms with Crippen LogP contribution in [0.5, 0.6) is 0 Å². The molecule has 4 nitrogen and oxygen atoms in total. The molecule has 2 atom stereocenters. The zero-order chi connectivity index (χ0) is 15.9. The predicted octanol–water partition coefficient (Wildman–Crippen LogP) is 3.40. The second kappa shape index (κ2) is 5.51. The number of ether oxygens (including phenoxy) is 1. The van der Waals surface area contributed by atoms with Gasteiger partial charge < -0.3 is 10.5 Å². The fourth-order valence-electron chi connectivity index (χ4n) is 3.11. The molecular weight excluding hydrogens is 300 g/mol. The largest absolute Gasteiger partial charge is 0.444 e.